The smallest absolute Gasteiger partial charge is 0.252 e. The Morgan fingerprint density at radius 2 is 1.64 bits per heavy atom. The van der Waals surface area contributed by atoms with Crippen LogP contribution in [0.15, 0.2) is 0 Å². The van der Waals surface area contributed by atoms with Crippen molar-refractivity contribution in [3.63, 3.8) is 0 Å². The van der Waals surface area contributed by atoms with Crippen LogP contribution in [0.1, 0.15) is 6.42 Å². The molecule has 0 aliphatic carbocycles. The van der Waals surface area contributed by atoms with Crippen molar-refractivity contribution in [3.8, 4) is 0 Å². The highest BCUT2D eigenvalue weighted by atomic mass is 16.5. The lowest BCUT2D eigenvalue weighted by Crippen LogP contribution is -2.59. The zero-order chi connectivity index (χ0) is 11.5. The summed E-state index contributed by atoms with van der Waals surface area (Å²) in [7, 11) is 0. The van der Waals surface area contributed by atoms with E-state index in [9.17, 15) is 14.7 Å². The third-order valence-electron chi connectivity index (χ3n) is 1.64. The zero-order valence-corrected chi connectivity index (χ0v) is 7.12. The van der Waals surface area contributed by atoms with Gasteiger partial charge in [0.25, 0.3) is 5.91 Å². The first kappa shape index (κ1) is 12.8. The molecular formula is C6H12N2O6. The molecule has 2 amide bonds. The Balaban J connectivity index is 4.89. The fourth-order valence-electron chi connectivity index (χ4n) is 0.861. The molecule has 0 aromatic rings. The van der Waals surface area contributed by atoms with Crippen LogP contribution in [0.2, 0.25) is 0 Å². The van der Waals surface area contributed by atoms with Crippen molar-refractivity contribution >= 4 is 11.8 Å². The van der Waals surface area contributed by atoms with Gasteiger partial charge in [0.05, 0.1) is 0 Å². The molecule has 0 heterocycles. The molecule has 0 aliphatic heterocycles. The van der Waals surface area contributed by atoms with Gasteiger partial charge in [-0.25, -0.2) is 0 Å². The van der Waals surface area contributed by atoms with Crippen molar-refractivity contribution in [2.24, 2.45) is 11.5 Å². The van der Waals surface area contributed by atoms with Gasteiger partial charge in [0.1, 0.15) is 0 Å². The first-order chi connectivity index (χ1) is 6.21. The standard InChI is InChI=1S/C6H12N2O6/c7-4(12)3(11)6(14,5(8)13)1-2(9)10/h2-3,9-11,14H,1H2,(H2,7,12)(H2,8,13). The van der Waals surface area contributed by atoms with E-state index in [2.05, 4.69) is 11.5 Å². The van der Waals surface area contributed by atoms with Crippen LogP contribution < -0.4 is 11.5 Å². The Hall–Kier alpha value is -1.22. The average Bonchev–Trinajstić information content (AvgIpc) is 2.00. The monoisotopic (exact) mass is 208 g/mol. The van der Waals surface area contributed by atoms with E-state index < -0.39 is 36.2 Å². The third kappa shape index (κ3) is 2.64. The average molecular weight is 208 g/mol. The molecule has 8 nitrogen and oxygen atoms in total. The Morgan fingerprint density at radius 1 is 1.21 bits per heavy atom. The van der Waals surface area contributed by atoms with Gasteiger partial charge in [-0.3, -0.25) is 9.59 Å². The summed E-state index contributed by atoms with van der Waals surface area (Å²) in [6.07, 6.45) is -5.41. The highest BCUT2D eigenvalue weighted by Crippen LogP contribution is 2.16. The highest BCUT2D eigenvalue weighted by molar-refractivity contribution is 5.92. The van der Waals surface area contributed by atoms with E-state index in [0.29, 0.717) is 0 Å². The van der Waals surface area contributed by atoms with Gasteiger partial charge < -0.3 is 31.9 Å². The number of aliphatic hydroxyl groups is 4. The number of hydrogen-bond acceptors (Lipinski definition) is 6. The molecule has 0 aliphatic rings. The largest absolute Gasteiger partial charge is 0.380 e. The number of amides is 2. The van der Waals surface area contributed by atoms with Gasteiger partial charge in [-0.1, -0.05) is 0 Å². The van der Waals surface area contributed by atoms with Crippen LogP contribution in [0.3, 0.4) is 0 Å². The summed E-state index contributed by atoms with van der Waals surface area (Å²) < 4.78 is 0. The first-order valence-corrected chi connectivity index (χ1v) is 3.57. The fraction of sp³-hybridized carbons (Fsp3) is 0.667. The summed E-state index contributed by atoms with van der Waals surface area (Å²) in [5.74, 6) is -2.87. The molecule has 2 atom stereocenters. The van der Waals surface area contributed by atoms with Gasteiger partial charge in [0, 0.05) is 6.42 Å². The Kier molecular flexibility index (Phi) is 3.95. The number of primary amides is 2. The molecule has 0 spiro atoms. The van der Waals surface area contributed by atoms with E-state index in [1.807, 2.05) is 0 Å². The predicted molar refractivity (Wildman–Crippen MR) is 42.2 cm³/mol. The summed E-state index contributed by atoms with van der Waals surface area (Å²) >= 11 is 0. The van der Waals surface area contributed by atoms with E-state index in [1.165, 1.54) is 0 Å². The van der Waals surface area contributed by atoms with Crippen LogP contribution in [0.5, 0.6) is 0 Å². The van der Waals surface area contributed by atoms with E-state index in [-0.39, 0.29) is 0 Å². The van der Waals surface area contributed by atoms with Crippen LogP contribution in [-0.4, -0.2) is 50.2 Å². The first-order valence-electron chi connectivity index (χ1n) is 3.57. The minimum atomic E-state index is -2.78. The second kappa shape index (κ2) is 4.33. The molecule has 0 bridgehead atoms. The molecule has 0 saturated heterocycles. The maximum absolute atomic E-state index is 10.7. The number of carbonyl (C=O) groups excluding carboxylic acids is 2. The molecule has 0 rings (SSSR count). The summed E-state index contributed by atoms with van der Waals surface area (Å²) in [5, 5.41) is 35.4. The van der Waals surface area contributed by atoms with Gasteiger partial charge in [0.2, 0.25) is 5.91 Å². The molecule has 82 valence electrons. The maximum atomic E-state index is 10.7. The number of rotatable bonds is 5. The Morgan fingerprint density at radius 3 is 1.86 bits per heavy atom. The normalized spacial score (nSPS) is 17.5. The molecule has 0 saturated carbocycles. The van der Waals surface area contributed by atoms with Crippen molar-refractivity contribution in [2.45, 2.75) is 24.4 Å². The third-order valence-corrected chi connectivity index (χ3v) is 1.64. The summed E-state index contributed by atoms with van der Waals surface area (Å²) in [5.41, 5.74) is 6.52. The van der Waals surface area contributed by atoms with Crippen LogP contribution in [-0.2, 0) is 9.59 Å². The molecule has 8 heteroatoms. The van der Waals surface area contributed by atoms with Crippen molar-refractivity contribution in [3.05, 3.63) is 0 Å². The molecule has 14 heavy (non-hydrogen) atoms. The van der Waals surface area contributed by atoms with Crippen molar-refractivity contribution in [1.82, 2.24) is 0 Å². The minimum absolute atomic E-state index is 1.01. The highest BCUT2D eigenvalue weighted by Gasteiger charge is 2.46. The van der Waals surface area contributed by atoms with Crippen molar-refractivity contribution in [1.29, 1.82) is 0 Å². The lowest BCUT2D eigenvalue weighted by molar-refractivity contribution is -0.173. The lowest BCUT2D eigenvalue weighted by atomic mass is 9.91. The van der Waals surface area contributed by atoms with Gasteiger partial charge in [0.15, 0.2) is 18.0 Å². The SMILES string of the molecule is NC(=O)C(O)C(O)(CC(O)O)C(N)=O. The molecule has 8 N–H and O–H groups in total. The second-order valence-corrected chi connectivity index (χ2v) is 2.78. The zero-order valence-electron chi connectivity index (χ0n) is 7.12. The van der Waals surface area contributed by atoms with Crippen LogP contribution in [0.4, 0.5) is 0 Å². The van der Waals surface area contributed by atoms with E-state index in [0.717, 1.165) is 0 Å². The molecular weight excluding hydrogens is 196 g/mol. The molecule has 0 radical (unpaired) electrons. The van der Waals surface area contributed by atoms with Crippen LogP contribution in [0, 0.1) is 0 Å². The Bertz CT molecular complexity index is 242. The predicted octanol–water partition coefficient (Wildman–Crippen LogP) is -4.25. The Labute approximate surface area is 78.7 Å². The summed E-state index contributed by atoms with van der Waals surface area (Å²) in [6.45, 7) is 0. The van der Waals surface area contributed by atoms with E-state index in [4.69, 9.17) is 15.3 Å². The summed E-state index contributed by atoms with van der Waals surface area (Å²) in [6, 6.07) is 0. The number of carbonyl (C=O) groups is 2. The quantitative estimate of drug-likeness (QED) is 0.250. The fourth-order valence-corrected chi connectivity index (χ4v) is 0.861. The van der Waals surface area contributed by atoms with Crippen LogP contribution >= 0.6 is 0 Å². The number of nitrogens with two attached hydrogens (primary N) is 2. The molecule has 2 unspecified atom stereocenters. The van der Waals surface area contributed by atoms with Crippen LogP contribution in [0.25, 0.3) is 0 Å². The van der Waals surface area contributed by atoms with Gasteiger partial charge in [-0.05, 0) is 0 Å². The number of hydrogen-bond donors (Lipinski definition) is 6. The molecule has 0 aromatic carbocycles. The number of aliphatic hydroxyl groups excluding tert-OH is 2. The van der Waals surface area contributed by atoms with Gasteiger partial charge in [-0.2, -0.15) is 0 Å². The van der Waals surface area contributed by atoms with Crippen molar-refractivity contribution in [2.75, 3.05) is 0 Å². The maximum Gasteiger partial charge on any atom is 0.252 e. The van der Waals surface area contributed by atoms with Gasteiger partial charge in [-0.15, -0.1) is 0 Å². The van der Waals surface area contributed by atoms with E-state index in [1.54, 1.807) is 0 Å². The molecule has 0 fully saturated rings. The van der Waals surface area contributed by atoms with E-state index >= 15 is 0 Å². The van der Waals surface area contributed by atoms with Gasteiger partial charge >= 0.3 is 0 Å². The van der Waals surface area contributed by atoms with Crippen molar-refractivity contribution < 1.29 is 30.0 Å². The topological polar surface area (TPSA) is 167 Å². The second-order valence-electron chi connectivity index (χ2n) is 2.78. The molecule has 0 aromatic heterocycles. The lowest BCUT2D eigenvalue weighted by Gasteiger charge is -2.28. The summed E-state index contributed by atoms with van der Waals surface area (Å²) in [4.78, 5) is 21.2. The minimum Gasteiger partial charge on any atom is -0.380 e.